The Balaban J connectivity index is 1.89. The molecule has 2 N–H and O–H groups in total. The van der Waals surface area contributed by atoms with Gasteiger partial charge in [0.25, 0.3) is 5.91 Å². The predicted molar refractivity (Wildman–Crippen MR) is 63.7 cm³/mol. The van der Waals surface area contributed by atoms with Crippen LogP contribution in [0.2, 0.25) is 0 Å². The van der Waals surface area contributed by atoms with E-state index in [-0.39, 0.29) is 5.91 Å². The maximum Gasteiger partial charge on any atom is 0.253 e. The smallest absolute Gasteiger partial charge is 0.253 e. The molecular formula is C13H16N2O. The fraction of sp³-hybridized carbons (Fsp3) is 0.462. The maximum atomic E-state index is 12.0. The van der Waals surface area contributed by atoms with E-state index in [1.54, 1.807) is 0 Å². The summed E-state index contributed by atoms with van der Waals surface area (Å²) in [5, 5.41) is 6.39. The van der Waals surface area contributed by atoms with Crippen LogP contribution >= 0.6 is 0 Å². The van der Waals surface area contributed by atoms with Crippen LogP contribution in [0.5, 0.6) is 0 Å². The fourth-order valence-corrected chi connectivity index (χ4v) is 2.19. The molecule has 3 rings (SSSR count). The third kappa shape index (κ3) is 1.77. The molecule has 1 fully saturated rings. The average Bonchev–Trinajstić information content (AvgIpc) is 3.12. The molecule has 1 aliphatic heterocycles. The molecule has 0 aromatic heterocycles. The number of para-hydroxylation sites is 1. The highest BCUT2D eigenvalue weighted by Crippen LogP contribution is 2.27. The minimum absolute atomic E-state index is 0.0775. The summed E-state index contributed by atoms with van der Waals surface area (Å²) in [6.07, 6.45) is 4.50. The highest BCUT2D eigenvalue weighted by molar-refractivity contribution is 6.00. The van der Waals surface area contributed by atoms with Crippen molar-refractivity contribution in [3.05, 3.63) is 29.3 Å². The zero-order chi connectivity index (χ0) is 11.0. The van der Waals surface area contributed by atoms with Gasteiger partial charge < -0.3 is 10.6 Å². The van der Waals surface area contributed by atoms with Crippen molar-refractivity contribution in [2.45, 2.75) is 31.7 Å². The van der Waals surface area contributed by atoms with Gasteiger partial charge in [0.05, 0.1) is 11.3 Å². The molecule has 0 bridgehead atoms. The standard InChI is InChI=1S/C13H16N2O/c16-13(15-10-6-7-10)11-5-1-3-9-4-2-8-14-12(9)11/h1,3,5,10,14H,2,4,6-8H2,(H,15,16). The summed E-state index contributed by atoms with van der Waals surface area (Å²) >= 11 is 0. The lowest BCUT2D eigenvalue weighted by molar-refractivity contribution is 0.0951. The highest BCUT2D eigenvalue weighted by atomic mass is 16.1. The largest absolute Gasteiger partial charge is 0.384 e. The van der Waals surface area contributed by atoms with Crippen molar-refractivity contribution in [3.8, 4) is 0 Å². The van der Waals surface area contributed by atoms with Crippen molar-refractivity contribution in [1.82, 2.24) is 5.32 Å². The first kappa shape index (κ1) is 9.70. The van der Waals surface area contributed by atoms with Gasteiger partial charge in [-0.25, -0.2) is 0 Å². The van der Waals surface area contributed by atoms with Crippen LogP contribution in [-0.2, 0) is 6.42 Å². The van der Waals surface area contributed by atoms with Gasteiger partial charge in [-0.3, -0.25) is 4.79 Å². The number of fused-ring (bicyclic) bond motifs is 1. The van der Waals surface area contributed by atoms with Gasteiger partial charge in [0.1, 0.15) is 0 Å². The monoisotopic (exact) mass is 216 g/mol. The van der Waals surface area contributed by atoms with E-state index in [2.05, 4.69) is 16.7 Å². The normalized spacial score (nSPS) is 18.5. The van der Waals surface area contributed by atoms with Crippen LogP contribution in [0.3, 0.4) is 0 Å². The molecule has 1 aromatic carbocycles. The summed E-state index contributed by atoms with van der Waals surface area (Å²) < 4.78 is 0. The van der Waals surface area contributed by atoms with Crippen molar-refractivity contribution in [1.29, 1.82) is 0 Å². The summed E-state index contributed by atoms with van der Waals surface area (Å²) in [6, 6.07) is 6.42. The van der Waals surface area contributed by atoms with Gasteiger partial charge in [0.2, 0.25) is 0 Å². The lowest BCUT2D eigenvalue weighted by Gasteiger charge is -2.20. The van der Waals surface area contributed by atoms with Crippen molar-refractivity contribution in [2.75, 3.05) is 11.9 Å². The van der Waals surface area contributed by atoms with Crippen molar-refractivity contribution < 1.29 is 4.79 Å². The number of anilines is 1. The number of benzene rings is 1. The number of nitrogens with one attached hydrogen (secondary N) is 2. The lowest BCUT2D eigenvalue weighted by Crippen LogP contribution is -2.27. The van der Waals surface area contributed by atoms with E-state index in [9.17, 15) is 4.79 Å². The second kappa shape index (κ2) is 3.81. The molecule has 1 heterocycles. The van der Waals surface area contributed by atoms with Gasteiger partial charge in [0, 0.05) is 12.6 Å². The van der Waals surface area contributed by atoms with Crippen molar-refractivity contribution in [3.63, 3.8) is 0 Å². The molecule has 3 nitrogen and oxygen atoms in total. The zero-order valence-corrected chi connectivity index (χ0v) is 9.25. The molecule has 0 saturated heterocycles. The summed E-state index contributed by atoms with van der Waals surface area (Å²) in [4.78, 5) is 12.0. The second-order valence-corrected chi connectivity index (χ2v) is 4.62. The third-order valence-corrected chi connectivity index (χ3v) is 3.23. The van der Waals surface area contributed by atoms with Gasteiger partial charge in [-0.05, 0) is 37.3 Å². The summed E-state index contributed by atoms with van der Waals surface area (Å²) in [7, 11) is 0. The number of rotatable bonds is 2. The molecule has 0 radical (unpaired) electrons. The highest BCUT2D eigenvalue weighted by Gasteiger charge is 2.25. The van der Waals surface area contributed by atoms with Crippen LogP contribution < -0.4 is 10.6 Å². The van der Waals surface area contributed by atoms with Gasteiger partial charge in [-0.2, -0.15) is 0 Å². The Morgan fingerprint density at radius 2 is 2.25 bits per heavy atom. The van der Waals surface area contributed by atoms with Gasteiger partial charge in [0.15, 0.2) is 0 Å². The van der Waals surface area contributed by atoms with Crippen LogP contribution in [-0.4, -0.2) is 18.5 Å². The van der Waals surface area contributed by atoms with E-state index in [4.69, 9.17) is 0 Å². The van der Waals surface area contributed by atoms with Gasteiger partial charge in [-0.1, -0.05) is 12.1 Å². The Bertz CT molecular complexity index is 424. The molecule has 2 aliphatic rings. The molecule has 0 unspecified atom stereocenters. The van der Waals surface area contributed by atoms with Crippen LogP contribution in [0.4, 0.5) is 5.69 Å². The second-order valence-electron chi connectivity index (χ2n) is 4.62. The number of aryl methyl sites for hydroxylation is 1. The molecular weight excluding hydrogens is 200 g/mol. The summed E-state index contributed by atoms with van der Waals surface area (Å²) in [5.74, 6) is 0.0775. The van der Waals surface area contributed by atoms with E-state index < -0.39 is 0 Å². The summed E-state index contributed by atoms with van der Waals surface area (Å²) in [6.45, 7) is 0.973. The van der Waals surface area contributed by atoms with Gasteiger partial charge >= 0.3 is 0 Å². The lowest BCUT2D eigenvalue weighted by atomic mass is 9.99. The SMILES string of the molecule is O=C(NC1CC1)c1cccc2c1NCCC2. The number of carbonyl (C=O) groups is 1. The molecule has 1 aliphatic carbocycles. The first-order valence-electron chi connectivity index (χ1n) is 6.01. The first-order chi connectivity index (χ1) is 7.84. The van der Waals surface area contributed by atoms with Gasteiger partial charge in [-0.15, -0.1) is 0 Å². The van der Waals surface area contributed by atoms with E-state index in [0.717, 1.165) is 43.5 Å². The Hall–Kier alpha value is -1.51. The first-order valence-corrected chi connectivity index (χ1v) is 6.01. The molecule has 1 amide bonds. The molecule has 16 heavy (non-hydrogen) atoms. The Morgan fingerprint density at radius 1 is 1.38 bits per heavy atom. The van der Waals surface area contributed by atoms with Crippen molar-refractivity contribution >= 4 is 11.6 Å². The van der Waals surface area contributed by atoms with E-state index >= 15 is 0 Å². The quantitative estimate of drug-likeness (QED) is 0.793. The molecule has 1 aromatic rings. The Kier molecular flexibility index (Phi) is 2.31. The Labute approximate surface area is 95.2 Å². The van der Waals surface area contributed by atoms with Crippen LogP contribution in [0.1, 0.15) is 35.2 Å². The minimum Gasteiger partial charge on any atom is -0.384 e. The van der Waals surface area contributed by atoms with Crippen molar-refractivity contribution in [2.24, 2.45) is 0 Å². The average molecular weight is 216 g/mol. The fourth-order valence-electron chi connectivity index (χ4n) is 2.19. The maximum absolute atomic E-state index is 12.0. The van der Waals surface area contributed by atoms with E-state index in [1.165, 1.54) is 5.56 Å². The molecule has 0 atom stereocenters. The predicted octanol–water partition coefficient (Wildman–Crippen LogP) is 1.94. The number of amides is 1. The minimum atomic E-state index is 0.0775. The number of hydrogen-bond acceptors (Lipinski definition) is 2. The van der Waals surface area contributed by atoms with Crippen LogP contribution in [0, 0.1) is 0 Å². The Morgan fingerprint density at radius 3 is 3.06 bits per heavy atom. The molecule has 1 saturated carbocycles. The molecule has 84 valence electrons. The molecule has 3 heteroatoms. The third-order valence-electron chi connectivity index (χ3n) is 3.23. The topological polar surface area (TPSA) is 41.1 Å². The number of hydrogen-bond donors (Lipinski definition) is 2. The zero-order valence-electron chi connectivity index (χ0n) is 9.25. The van der Waals surface area contributed by atoms with E-state index in [0.29, 0.717) is 6.04 Å². The van der Waals surface area contributed by atoms with E-state index in [1.807, 2.05) is 12.1 Å². The summed E-state index contributed by atoms with van der Waals surface area (Å²) in [5.41, 5.74) is 3.13. The van der Waals surface area contributed by atoms with Crippen LogP contribution in [0.15, 0.2) is 18.2 Å². The van der Waals surface area contributed by atoms with Crippen LogP contribution in [0.25, 0.3) is 0 Å². The number of carbonyl (C=O) groups excluding carboxylic acids is 1. The molecule has 0 spiro atoms.